The number of benzene rings is 2. The van der Waals surface area contributed by atoms with Crippen LogP contribution in [-0.2, 0) is 22.4 Å². The third-order valence-electron chi connectivity index (χ3n) is 4.22. The van der Waals surface area contributed by atoms with Crippen LogP contribution in [0.5, 0.6) is 0 Å². The molecule has 0 aliphatic carbocycles. The molecule has 2 rings (SSSR count). The van der Waals surface area contributed by atoms with Crippen LogP contribution in [0.25, 0.3) is 0 Å². The first kappa shape index (κ1) is 17.1. The molecule has 0 aromatic heterocycles. The average molecular weight is 308 g/mol. The van der Waals surface area contributed by atoms with E-state index in [0.717, 1.165) is 24.7 Å². The Morgan fingerprint density at radius 1 is 0.957 bits per heavy atom. The lowest BCUT2D eigenvalue weighted by Gasteiger charge is -2.15. The second-order valence-corrected chi connectivity index (χ2v) is 6.11. The van der Waals surface area contributed by atoms with E-state index < -0.39 is 5.92 Å². The van der Waals surface area contributed by atoms with E-state index in [1.54, 1.807) is 0 Å². The highest BCUT2D eigenvalue weighted by Gasteiger charge is 2.23. The first-order chi connectivity index (χ1) is 11.2. The molecular formula is C21H24O2. The van der Waals surface area contributed by atoms with Crippen molar-refractivity contribution in [2.45, 2.75) is 32.6 Å². The summed E-state index contributed by atoms with van der Waals surface area (Å²) in [6.45, 7) is 1.92. The van der Waals surface area contributed by atoms with Gasteiger partial charge in [0.05, 0.1) is 5.92 Å². The molecule has 0 N–H and O–H groups in total. The van der Waals surface area contributed by atoms with Gasteiger partial charge in [-0.1, -0.05) is 67.6 Å². The van der Waals surface area contributed by atoms with Crippen molar-refractivity contribution in [3.8, 4) is 0 Å². The number of aryl methyl sites for hydroxylation is 1. The van der Waals surface area contributed by atoms with Crippen LogP contribution in [0.4, 0.5) is 0 Å². The van der Waals surface area contributed by atoms with Gasteiger partial charge in [-0.15, -0.1) is 0 Å². The minimum Gasteiger partial charge on any atom is -0.303 e. The molecule has 0 aliphatic rings. The molecule has 2 heteroatoms. The molecule has 0 radical (unpaired) electrons. The van der Waals surface area contributed by atoms with Gasteiger partial charge in [-0.05, 0) is 36.8 Å². The van der Waals surface area contributed by atoms with Crippen LogP contribution in [0, 0.1) is 11.8 Å². The lowest BCUT2D eigenvalue weighted by molar-refractivity contribution is -0.130. The fourth-order valence-electron chi connectivity index (χ4n) is 2.88. The van der Waals surface area contributed by atoms with E-state index in [0.29, 0.717) is 12.8 Å². The molecule has 2 unspecified atom stereocenters. The van der Waals surface area contributed by atoms with Crippen molar-refractivity contribution in [1.82, 2.24) is 0 Å². The predicted molar refractivity (Wildman–Crippen MR) is 93.3 cm³/mol. The van der Waals surface area contributed by atoms with Crippen molar-refractivity contribution in [3.63, 3.8) is 0 Å². The summed E-state index contributed by atoms with van der Waals surface area (Å²) in [5.74, 6) is -0.529. The van der Waals surface area contributed by atoms with E-state index in [9.17, 15) is 9.59 Å². The fourth-order valence-corrected chi connectivity index (χ4v) is 2.88. The Morgan fingerprint density at radius 2 is 1.52 bits per heavy atom. The molecule has 2 nitrogen and oxygen atoms in total. The molecule has 0 saturated carbocycles. The minimum atomic E-state index is -0.475. The summed E-state index contributed by atoms with van der Waals surface area (Å²) in [6, 6.07) is 20.1. The third kappa shape index (κ3) is 5.48. The van der Waals surface area contributed by atoms with Crippen LogP contribution >= 0.6 is 0 Å². The zero-order chi connectivity index (χ0) is 16.5. The maximum absolute atomic E-state index is 12.5. The fraction of sp³-hybridized carbons (Fsp3) is 0.333. The molecule has 23 heavy (non-hydrogen) atoms. The second kappa shape index (κ2) is 9.04. The van der Waals surface area contributed by atoms with Gasteiger partial charge in [0.25, 0.3) is 0 Å². The average Bonchev–Trinajstić information content (AvgIpc) is 2.60. The number of aldehydes is 1. The monoisotopic (exact) mass is 308 g/mol. The van der Waals surface area contributed by atoms with Crippen molar-refractivity contribution in [2.24, 2.45) is 11.8 Å². The van der Waals surface area contributed by atoms with E-state index in [-0.39, 0.29) is 11.7 Å². The molecule has 0 aliphatic heterocycles. The maximum Gasteiger partial charge on any atom is 0.146 e. The number of rotatable bonds is 9. The van der Waals surface area contributed by atoms with E-state index in [2.05, 4.69) is 12.1 Å². The summed E-state index contributed by atoms with van der Waals surface area (Å²) >= 11 is 0. The minimum absolute atomic E-state index is 0.0666. The highest BCUT2D eigenvalue weighted by atomic mass is 16.1. The van der Waals surface area contributed by atoms with Crippen molar-refractivity contribution < 1.29 is 9.59 Å². The van der Waals surface area contributed by atoms with Crippen LogP contribution in [0.1, 0.15) is 30.9 Å². The van der Waals surface area contributed by atoms with E-state index in [1.165, 1.54) is 5.56 Å². The van der Waals surface area contributed by atoms with Crippen molar-refractivity contribution >= 4 is 12.1 Å². The Bertz CT molecular complexity index is 604. The summed E-state index contributed by atoms with van der Waals surface area (Å²) in [5.41, 5.74) is 2.39. The summed E-state index contributed by atoms with van der Waals surface area (Å²) in [5, 5.41) is 0. The van der Waals surface area contributed by atoms with E-state index in [4.69, 9.17) is 0 Å². The topological polar surface area (TPSA) is 34.1 Å². The molecule has 0 saturated heterocycles. The molecule has 0 heterocycles. The van der Waals surface area contributed by atoms with Gasteiger partial charge in [0.15, 0.2) is 0 Å². The highest BCUT2D eigenvalue weighted by molar-refractivity contribution is 5.94. The van der Waals surface area contributed by atoms with Gasteiger partial charge in [-0.25, -0.2) is 0 Å². The molecule has 0 fully saturated rings. The number of carbonyl (C=O) groups excluding carboxylic acids is 2. The number of Topliss-reactive ketones (excluding diaryl/α,β-unsaturated/α-hetero) is 1. The summed E-state index contributed by atoms with van der Waals surface area (Å²) in [4.78, 5) is 23.8. The molecule has 120 valence electrons. The van der Waals surface area contributed by atoms with E-state index >= 15 is 0 Å². The number of hydrogen-bond donors (Lipinski definition) is 0. The SMILES string of the molecule is CC(Cc1ccccc1)C(=O)C(C=O)CCCc1ccccc1. The zero-order valence-corrected chi connectivity index (χ0v) is 13.7. The molecule has 0 spiro atoms. The van der Waals surface area contributed by atoms with Crippen LogP contribution in [0.15, 0.2) is 60.7 Å². The van der Waals surface area contributed by atoms with Crippen molar-refractivity contribution in [2.75, 3.05) is 0 Å². The molecule has 2 aromatic rings. The lowest BCUT2D eigenvalue weighted by atomic mass is 9.87. The van der Waals surface area contributed by atoms with Gasteiger partial charge in [0, 0.05) is 5.92 Å². The molecular weight excluding hydrogens is 284 g/mol. The Kier molecular flexibility index (Phi) is 6.74. The van der Waals surface area contributed by atoms with Crippen LogP contribution in [0.2, 0.25) is 0 Å². The second-order valence-electron chi connectivity index (χ2n) is 6.11. The maximum atomic E-state index is 12.5. The smallest absolute Gasteiger partial charge is 0.146 e. The molecule has 2 aromatic carbocycles. The van der Waals surface area contributed by atoms with Gasteiger partial charge >= 0.3 is 0 Å². The van der Waals surface area contributed by atoms with E-state index in [1.807, 2.05) is 55.5 Å². The Morgan fingerprint density at radius 3 is 2.09 bits per heavy atom. The summed E-state index contributed by atoms with van der Waals surface area (Å²) in [6.07, 6.45) is 3.93. The number of ketones is 1. The third-order valence-corrected chi connectivity index (χ3v) is 4.22. The standard InChI is InChI=1S/C21H24O2/c1-17(15-19-11-6-3-7-12-19)21(23)20(16-22)14-8-13-18-9-4-2-5-10-18/h2-7,9-12,16-17,20H,8,13-15H2,1H3. The number of carbonyl (C=O) groups is 2. The number of hydrogen-bond acceptors (Lipinski definition) is 2. The van der Waals surface area contributed by atoms with Crippen LogP contribution in [0.3, 0.4) is 0 Å². The first-order valence-corrected chi connectivity index (χ1v) is 8.27. The normalized spacial score (nSPS) is 13.3. The zero-order valence-electron chi connectivity index (χ0n) is 13.7. The van der Waals surface area contributed by atoms with Gasteiger partial charge in [-0.2, -0.15) is 0 Å². The molecule has 2 atom stereocenters. The first-order valence-electron chi connectivity index (χ1n) is 8.27. The van der Waals surface area contributed by atoms with Gasteiger partial charge in [-0.3, -0.25) is 4.79 Å². The lowest BCUT2D eigenvalue weighted by Crippen LogP contribution is -2.24. The molecule has 0 bridgehead atoms. The Balaban J connectivity index is 1.84. The molecule has 0 amide bonds. The van der Waals surface area contributed by atoms with Crippen LogP contribution in [-0.4, -0.2) is 12.1 Å². The highest BCUT2D eigenvalue weighted by Crippen LogP contribution is 2.17. The van der Waals surface area contributed by atoms with Gasteiger partial charge in [0.1, 0.15) is 12.1 Å². The van der Waals surface area contributed by atoms with Gasteiger partial charge < -0.3 is 4.79 Å². The Hall–Kier alpha value is -2.22. The predicted octanol–water partition coefficient (Wildman–Crippen LogP) is 4.27. The quantitative estimate of drug-likeness (QED) is 0.512. The Labute approximate surface area is 138 Å². The summed E-state index contributed by atoms with van der Waals surface area (Å²) in [7, 11) is 0. The van der Waals surface area contributed by atoms with Crippen LogP contribution < -0.4 is 0 Å². The van der Waals surface area contributed by atoms with Crippen molar-refractivity contribution in [3.05, 3.63) is 71.8 Å². The van der Waals surface area contributed by atoms with Gasteiger partial charge in [0.2, 0.25) is 0 Å². The largest absolute Gasteiger partial charge is 0.303 e. The van der Waals surface area contributed by atoms with Crippen molar-refractivity contribution in [1.29, 1.82) is 0 Å². The summed E-state index contributed by atoms with van der Waals surface area (Å²) < 4.78 is 0.